The molecule has 0 aliphatic carbocycles. The van der Waals surface area contributed by atoms with Crippen molar-refractivity contribution < 1.29 is 24.3 Å². The highest BCUT2D eigenvalue weighted by Gasteiger charge is 2.14. The molecule has 0 spiro atoms. The summed E-state index contributed by atoms with van der Waals surface area (Å²) in [6.45, 7) is 1.09. The van der Waals surface area contributed by atoms with Crippen molar-refractivity contribution in [3.63, 3.8) is 0 Å². The zero-order chi connectivity index (χ0) is 14.0. The first kappa shape index (κ1) is 16.1. The van der Waals surface area contributed by atoms with Crippen molar-refractivity contribution in [2.45, 2.75) is 38.6 Å². The van der Waals surface area contributed by atoms with Crippen molar-refractivity contribution in [3.05, 3.63) is 0 Å². The summed E-state index contributed by atoms with van der Waals surface area (Å²) in [5, 5.41) is 13.1. The van der Waals surface area contributed by atoms with E-state index in [2.05, 4.69) is 10.6 Å². The van der Waals surface area contributed by atoms with Crippen molar-refractivity contribution >= 4 is 24.1 Å². The van der Waals surface area contributed by atoms with Gasteiger partial charge in [0.2, 0.25) is 11.8 Å². The number of unbranched alkanes of at least 4 members (excludes halogenated alkanes) is 2. The van der Waals surface area contributed by atoms with E-state index >= 15 is 0 Å². The molecule has 0 aliphatic heterocycles. The summed E-state index contributed by atoms with van der Waals surface area (Å²) in [5.74, 6) is -1.98. The molecule has 2 amide bonds. The molecule has 0 fully saturated rings. The Hall–Kier alpha value is -1.92. The van der Waals surface area contributed by atoms with Crippen LogP contribution in [-0.2, 0) is 19.2 Å². The normalized spacial score (nSPS) is 11.4. The molecule has 7 nitrogen and oxygen atoms in total. The minimum Gasteiger partial charge on any atom is -0.480 e. The number of carbonyl (C=O) groups is 4. The van der Waals surface area contributed by atoms with Gasteiger partial charge in [-0.1, -0.05) is 0 Å². The van der Waals surface area contributed by atoms with Gasteiger partial charge in [-0.2, -0.15) is 0 Å². The van der Waals surface area contributed by atoms with E-state index in [1.807, 2.05) is 0 Å². The van der Waals surface area contributed by atoms with Gasteiger partial charge in [0.15, 0.2) is 0 Å². The van der Waals surface area contributed by atoms with E-state index in [4.69, 9.17) is 5.11 Å². The number of carbonyl (C=O) groups excluding carboxylic acids is 3. The number of aliphatic carboxylic acids is 1. The van der Waals surface area contributed by atoms with Crippen molar-refractivity contribution in [1.29, 1.82) is 0 Å². The zero-order valence-electron chi connectivity index (χ0n) is 10.3. The summed E-state index contributed by atoms with van der Waals surface area (Å²) < 4.78 is 0. The molecule has 18 heavy (non-hydrogen) atoms. The van der Waals surface area contributed by atoms with E-state index in [0.29, 0.717) is 19.3 Å². The Labute approximate surface area is 105 Å². The number of hydrogen-bond donors (Lipinski definition) is 3. The summed E-state index contributed by atoms with van der Waals surface area (Å²) >= 11 is 0. The van der Waals surface area contributed by atoms with E-state index in [-0.39, 0.29) is 18.9 Å². The lowest BCUT2D eigenvalue weighted by atomic mass is 10.2. The molecule has 0 saturated carbocycles. The van der Waals surface area contributed by atoms with Crippen LogP contribution in [0.25, 0.3) is 0 Å². The highest BCUT2D eigenvalue weighted by Crippen LogP contribution is 1.97. The van der Waals surface area contributed by atoms with Crippen LogP contribution in [0.5, 0.6) is 0 Å². The Bertz CT molecular complexity index is 317. The fourth-order valence-corrected chi connectivity index (χ4v) is 1.13. The highest BCUT2D eigenvalue weighted by molar-refractivity contribution is 5.87. The third-order valence-electron chi connectivity index (χ3n) is 2.17. The molecule has 0 rings (SSSR count). The summed E-state index contributed by atoms with van der Waals surface area (Å²) in [6, 6.07) is -0.984. The average molecular weight is 258 g/mol. The smallest absolute Gasteiger partial charge is 0.325 e. The van der Waals surface area contributed by atoms with Gasteiger partial charge < -0.3 is 20.5 Å². The van der Waals surface area contributed by atoms with Crippen LogP contribution in [0.4, 0.5) is 0 Å². The van der Waals surface area contributed by atoms with Gasteiger partial charge in [-0.05, 0) is 19.8 Å². The third-order valence-corrected chi connectivity index (χ3v) is 2.17. The van der Waals surface area contributed by atoms with E-state index in [0.717, 1.165) is 6.29 Å². The maximum atomic E-state index is 11.2. The van der Waals surface area contributed by atoms with Gasteiger partial charge in [-0.25, -0.2) is 0 Å². The number of nitrogens with one attached hydrogen (secondary N) is 2. The van der Waals surface area contributed by atoms with Crippen molar-refractivity contribution in [3.8, 4) is 0 Å². The molecule has 7 heteroatoms. The quantitative estimate of drug-likeness (QED) is 0.379. The molecule has 0 radical (unpaired) electrons. The minimum atomic E-state index is -1.14. The fourth-order valence-electron chi connectivity index (χ4n) is 1.13. The first-order chi connectivity index (χ1) is 8.47. The van der Waals surface area contributed by atoms with Crippen LogP contribution in [0, 0.1) is 0 Å². The average Bonchev–Trinajstić information content (AvgIpc) is 2.32. The molecular weight excluding hydrogens is 240 g/mol. The van der Waals surface area contributed by atoms with E-state index in [1.54, 1.807) is 0 Å². The second kappa shape index (κ2) is 9.15. The monoisotopic (exact) mass is 258 g/mol. The summed E-state index contributed by atoms with van der Waals surface area (Å²) in [6.07, 6.45) is 2.68. The molecule has 1 atom stereocenters. The van der Waals surface area contributed by atoms with Gasteiger partial charge in [0.25, 0.3) is 0 Å². The lowest BCUT2D eigenvalue weighted by Crippen LogP contribution is -2.43. The number of carboxylic acids is 1. The largest absolute Gasteiger partial charge is 0.480 e. The molecule has 0 aromatic heterocycles. The molecule has 0 heterocycles. The standard InChI is InChI=1S/C11H18N2O5/c1-8(11(17)18)13-10(16)7-12-9(15)5-3-2-4-6-14/h6,8H,2-5,7H2,1H3,(H,12,15)(H,13,16)(H,17,18). The number of aldehydes is 1. The molecule has 3 N–H and O–H groups in total. The fraction of sp³-hybridized carbons (Fsp3) is 0.636. The minimum absolute atomic E-state index is 0.246. The maximum absolute atomic E-state index is 11.2. The Morgan fingerprint density at radius 2 is 1.89 bits per heavy atom. The van der Waals surface area contributed by atoms with Crippen LogP contribution in [0.1, 0.15) is 32.6 Å². The second-order valence-electron chi connectivity index (χ2n) is 3.82. The van der Waals surface area contributed by atoms with Gasteiger partial charge in [0.05, 0.1) is 6.54 Å². The number of carboxylic acid groups (broad SMARTS) is 1. The summed E-state index contributed by atoms with van der Waals surface area (Å²) in [5.41, 5.74) is 0. The van der Waals surface area contributed by atoms with Gasteiger partial charge >= 0.3 is 5.97 Å². The summed E-state index contributed by atoms with van der Waals surface area (Å²) in [7, 11) is 0. The molecule has 102 valence electrons. The second-order valence-corrected chi connectivity index (χ2v) is 3.82. The molecule has 0 saturated heterocycles. The first-order valence-electron chi connectivity index (χ1n) is 5.70. The van der Waals surface area contributed by atoms with Gasteiger partial charge in [0.1, 0.15) is 12.3 Å². The lowest BCUT2D eigenvalue weighted by molar-refractivity contribution is -0.141. The predicted molar refractivity (Wildman–Crippen MR) is 62.8 cm³/mol. The topological polar surface area (TPSA) is 113 Å². The van der Waals surface area contributed by atoms with E-state index in [1.165, 1.54) is 6.92 Å². The van der Waals surface area contributed by atoms with E-state index in [9.17, 15) is 19.2 Å². The predicted octanol–water partition coefficient (Wildman–Crippen LogP) is -0.549. The van der Waals surface area contributed by atoms with Crippen molar-refractivity contribution in [1.82, 2.24) is 10.6 Å². The molecule has 0 aromatic carbocycles. The first-order valence-corrected chi connectivity index (χ1v) is 5.70. The lowest BCUT2D eigenvalue weighted by Gasteiger charge is -2.09. The Morgan fingerprint density at radius 3 is 2.44 bits per heavy atom. The van der Waals surface area contributed by atoms with Gasteiger partial charge in [0, 0.05) is 12.8 Å². The maximum Gasteiger partial charge on any atom is 0.325 e. The zero-order valence-corrected chi connectivity index (χ0v) is 10.3. The van der Waals surface area contributed by atoms with Gasteiger partial charge in [-0.15, -0.1) is 0 Å². The third kappa shape index (κ3) is 8.26. The summed E-state index contributed by atoms with van der Waals surface area (Å²) in [4.78, 5) is 42.9. The number of rotatable bonds is 9. The molecule has 1 unspecified atom stereocenters. The van der Waals surface area contributed by atoms with Crippen LogP contribution >= 0.6 is 0 Å². The van der Waals surface area contributed by atoms with Crippen LogP contribution in [0.15, 0.2) is 0 Å². The highest BCUT2D eigenvalue weighted by atomic mass is 16.4. The Morgan fingerprint density at radius 1 is 1.22 bits per heavy atom. The molecule has 0 aromatic rings. The van der Waals surface area contributed by atoms with Crippen molar-refractivity contribution in [2.75, 3.05) is 6.54 Å². The van der Waals surface area contributed by atoms with Gasteiger partial charge in [-0.3, -0.25) is 14.4 Å². The van der Waals surface area contributed by atoms with Crippen LogP contribution in [0.3, 0.4) is 0 Å². The van der Waals surface area contributed by atoms with Crippen LogP contribution in [0.2, 0.25) is 0 Å². The Kier molecular flexibility index (Phi) is 8.17. The number of amides is 2. The van der Waals surface area contributed by atoms with Crippen LogP contribution in [-0.4, -0.2) is 41.8 Å². The number of hydrogen-bond acceptors (Lipinski definition) is 4. The van der Waals surface area contributed by atoms with Crippen molar-refractivity contribution in [2.24, 2.45) is 0 Å². The molecule has 0 bridgehead atoms. The SMILES string of the molecule is CC(NC(=O)CNC(=O)CCCCC=O)C(=O)O. The van der Waals surface area contributed by atoms with E-state index < -0.39 is 17.9 Å². The molecular formula is C11H18N2O5. The Balaban J connectivity index is 3.68. The van der Waals surface area contributed by atoms with Crippen LogP contribution < -0.4 is 10.6 Å². The molecule has 0 aliphatic rings.